The van der Waals surface area contributed by atoms with Crippen LogP contribution in [-0.2, 0) is 9.53 Å². The first-order valence-electron chi connectivity index (χ1n) is 6.00. The van der Waals surface area contributed by atoms with Gasteiger partial charge in [-0.2, -0.15) is 0 Å². The SMILES string of the molecule is C/C=C(\C=C(/NC)C(=O)OC)/C=C/CCCC. The Labute approximate surface area is 104 Å². The molecule has 0 bridgehead atoms. The summed E-state index contributed by atoms with van der Waals surface area (Å²) >= 11 is 0. The maximum atomic E-state index is 11.4. The van der Waals surface area contributed by atoms with Gasteiger partial charge in [-0.15, -0.1) is 0 Å². The van der Waals surface area contributed by atoms with E-state index in [0.29, 0.717) is 5.70 Å². The predicted molar refractivity (Wildman–Crippen MR) is 71.6 cm³/mol. The number of unbranched alkanes of at least 4 members (excludes halogenated alkanes) is 2. The van der Waals surface area contributed by atoms with Gasteiger partial charge in [-0.1, -0.05) is 38.0 Å². The summed E-state index contributed by atoms with van der Waals surface area (Å²) in [7, 11) is 3.08. The Hall–Kier alpha value is -1.51. The van der Waals surface area contributed by atoms with Gasteiger partial charge in [0, 0.05) is 7.05 Å². The molecule has 0 rings (SSSR count). The van der Waals surface area contributed by atoms with Gasteiger partial charge in [0.25, 0.3) is 0 Å². The highest BCUT2D eigenvalue weighted by Crippen LogP contribution is 2.06. The third-order valence-corrected chi connectivity index (χ3v) is 2.35. The molecule has 3 nitrogen and oxygen atoms in total. The van der Waals surface area contributed by atoms with Gasteiger partial charge in [-0.3, -0.25) is 0 Å². The standard InChI is InChI=1S/C14H23NO2/c1-5-7-8-9-10-12(6-2)11-13(15-3)14(16)17-4/h6,9-11,15H,5,7-8H2,1-4H3/b10-9+,12-6-,13-11-. The van der Waals surface area contributed by atoms with Crippen LogP contribution in [-0.4, -0.2) is 20.1 Å². The van der Waals surface area contributed by atoms with Gasteiger partial charge in [0.2, 0.25) is 0 Å². The zero-order valence-electron chi connectivity index (χ0n) is 11.2. The highest BCUT2D eigenvalue weighted by molar-refractivity contribution is 5.88. The number of rotatable bonds is 7. The van der Waals surface area contributed by atoms with E-state index >= 15 is 0 Å². The van der Waals surface area contributed by atoms with Crippen molar-refractivity contribution in [3.8, 4) is 0 Å². The maximum Gasteiger partial charge on any atom is 0.354 e. The molecule has 3 heteroatoms. The zero-order chi connectivity index (χ0) is 13.1. The number of esters is 1. The van der Waals surface area contributed by atoms with Crippen molar-refractivity contribution >= 4 is 5.97 Å². The number of hydrogen-bond donors (Lipinski definition) is 1. The van der Waals surface area contributed by atoms with Crippen molar-refractivity contribution in [1.82, 2.24) is 5.32 Å². The van der Waals surface area contributed by atoms with Crippen LogP contribution >= 0.6 is 0 Å². The lowest BCUT2D eigenvalue weighted by Gasteiger charge is -2.04. The number of ether oxygens (including phenoxy) is 1. The molecule has 0 radical (unpaired) electrons. The summed E-state index contributed by atoms with van der Waals surface area (Å²) in [5, 5.41) is 2.83. The van der Waals surface area contributed by atoms with Crippen LogP contribution in [0.4, 0.5) is 0 Å². The Bertz CT molecular complexity index is 314. The molecule has 0 saturated carbocycles. The molecule has 0 saturated heterocycles. The number of likely N-dealkylation sites (N-methyl/N-ethyl adjacent to an activating group) is 1. The molecule has 0 heterocycles. The van der Waals surface area contributed by atoms with Crippen LogP contribution in [0.15, 0.2) is 35.6 Å². The quantitative estimate of drug-likeness (QED) is 0.320. The Balaban J connectivity index is 4.61. The number of nitrogens with one attached hydrogen (secondary N) is 1. The van der Waals surface area contributed by atoms with Gasteiger partial charge < -0.3 is 10.1 Å². The molecule has 0 aliphatic carbocycles. The first-order chi connectivity index (χ1) is 8.19. The summed E-state index contributed by atoms with van der Waals surface area (Å²) < 4.78 is 4.67. The second kappa shape index (κ2) is 9.70. The summed E-state index contributed by atoms with van der Waals surface area (Å²) in [6.45, 7) is 4.11. The van der Waals surface area contributed by atoms with E-state index in [4.69, 9.17) is 0 Å². The van der Waals surface area contributed by atoms with E-state index in [0.717, 1.165) is 12.0 Å². The highest BCUT2D eigenvalue weighted by atomic mass is 16.5. The minimum atomic E-state index is -0.353. The Morgan fingerprint density at radius 2 is 2.12 bits per heavy atom. The first-order valence-corrected chi connectivity index (χ1v) is 6.00. The summed E-state index contributed by atoms with van der Waals surface area (Å²) in [4.78, 5) is 11.4. The molecule has 0 aromatic carbocycles. The van der Waals surface area contributed by atoms with Crippen molar-refractivity contribution < 1.29 is 9.53 Å². The smallest absolute Gasteiger partial charge is 0.354 e. The Kier molecular flexibility index (Phi) is 8.84. The number of carbonyl (C=O) groups excluding carboxylic acids is 1. The van der Waals surface area contributed by atoms with Gasteiger partial charge in [-0.05, 0) is 25.0 Å². The fourth-order valence-electron chi connectivity index (χ4n) is 1.28. The number of methoxy groups -OCH3 is 1. The number of allylic oxidation sites excluding steroid dienone is 5. The third-order valence-electron chi connectivity index (χ3n) is 2.35. The maximum absolute atomic E-state index is 11.4. The fourth-order valence-corrected chi connectivity index (χ4v) is 1.28. The lowest BCUT2D eigenvalue weighted by molar-refractivity contribution is -0.136. The van der Waals surface area contributed by atoms with Crippen LogP contribution < -0.4 is 5.32 Å². The second-order valence-corrected chi connectivity index (χ2v) is 3.63. The molecule has 0 aliphatic heterocycles. The monoisotopic (exact) mass is 237 g/mol. The van der Waals surface area contributed by atoms with E-state index < -0.39 is 0 Å². The van der Waals surface area contributed by atoms with E-state index in [-0.39, 0.29) is 5.97 Å². The van der Waals surface area contributed by atoms with Crippen LogP contribution in [0, 0.1) is 0 Å². The molecular weight excluding hydrogens is 214 g/mol. The van der Waals surface area contributed by atoms with Crippen LogP contribution in [0.1, 0.15) is 33.1 Å². The van der Waals surface area contributed by atoms with Crippen molar-refractivity contribution in [2.45, 2.75) is 33.1 Å². The van der Waals surface area contributed by atoms with Crippen molar-refractivity contribution in [2.75, 3.05) is 14.2 Å². The molecule has 0 fully saturated rings. The summed E-state index contributed by atoms with van der Waals surface area (Å²) in [5.74, 6) is -0.353. The first kappa shape index (κ1) is 15.5. The lowest BCUT2D eigenvalue weighted by atomic mass is 10.1. The lowest BCUT2D eigenvalue weighted by Crippen LogP contribution is -2.17. The molecule has 0 aromatic heterocycles. The van der Waals surface area contributed by atoms with Gasteiger partial charge in [-0.25, -0.2) is 4.79 Å². The molecule has 1 N–H and O–H groups in total. The molecule has 0 atom stereocenters. The minimum absolute atomic E-state index is 0.353. The summed E-state index contributed by atoms with van der Waals surface area (Å²) in [6.07, 6.45) is 11.3. The van der Waals surface area contributed by atoms with Gasteiger partial charge in [0.1, 0.15) is 5.70 Å². The topological polar surface area (TPSA) is 38.3 Å². The van der Waals surface area contributed by atoms with E-state index in [1.807, 2.05) is 19.1 Å². The minimum Gasteiger partial charge on any atom is -0.464 e. The molecule has 0 aromatic rings. The molecule has 0 unspecified atom stereocenters. The summed E-state index contributed by atoms with van der Waals surface area (Å²) in [6, 6.07) is 0. The van der Waals surface area contributed by atoms with E-state index in [2.05, 4.69) is 23.1 Å². The highest BCUT2D eigenvalue weighted by Gasteiger charge is 2.06. The average Bonchev–Trinajstić information content (AvgIpc) is 2.37. The van der Waals surface area contributed by atoms with E-state index in [1.165, 1.54) is 20.0 Å². The van der Waals surface area contributed by atoms with Crippen LogP contribution in [0.2, 0.25) is 0 Å². The normalized spacial score (nSPS) is 12.9. The molecular formula is C14H23NO2. The molecule has 96 valence electrons. The van der Waals surface area contributed by atoms with Crippen LogP contribution in [0.5, 0.6) is 0 Å². The average molecular weight is 237 g/mol. The molecule has 17 heavy (non-hydrogen) atoms. The van der Waals surface area contributed by atoms with Crippen LogP contribution in [0.3, 0.4) is 0 Å². The largest absolute Gasteiger partial charge is 0.464 e. The van der Waals surface area contributed by atoms with Gasteiger partial charge >= 0.3 is 5.97 Å². The molecule has 0 spiro atoms. The van der Waals surface area contributed by atoms with E-state index in [9.17, 15) is 4.79 Å². The predicted octanol–water partition coefficient (Wildman–Crippen LogP) is 2.96. The Morgan fingerprint density at radius 1 is 1.41 bits per heavy atom. The van der Waals surface area contributed by atoms with Gasteiger partial charge in [0.15, 0.2) is 0 Å². The zero-order valence-corrected chi connectivity index (χ0v) is 11.2. The van der Waals surface area contributed by atoms with E-state index in [1.54, 1.807) is 13.1 Å². The van der Waals surface area contributed by atoms with Crippen molar-refractivity contribution in [2.24, 2.45) is 0 Å². The fraction of sp³-hybridized carbons (Fsp3) is 0.500. The molecule has 0 aliphatic rings. The number of hydrogen-bond acceptors (Lipinski definition) is 3. The Morgan fingerprint density at radius 3 is 2.59 bits per heavy atom. The summed E-state index contributed by atoms with van der Waals surface area (Å²) in [5.41, 5.74) is 1.46. The molecule has 0 amide bonds. The third kappa shape index (κ3) is 6.61. The second-order valence-electron chi connectivity index (χ2n) is 3.63. The van der Waals surface area contributed by atoms with Crippen LogP contribution in [0.25, 0.3) is 0 Å². The van der Waals surface area contributed by atoms with Crippen molar-refractivity contribution in [3.63, 3.8) is 0 Å². The van der Waals surface area contributed by atoms with Crippen molar-refractivity contribution in [3.05, 3.63) is 35.6 Å². The van der Waals surface area contributed by atoms with Crippen molar-refractivity contribution in [1.29, 1.82) is 0 Å². The number of carbonyl (C=O) groups is 1. The van der Waals surface area contributed by atoms with Gasteiger partial charge in [0.05, 0.1) is 7.11 Å².